The number of amides is 1. The van der Waals surface area contributed by atoms with E-state index in [4.69, 9.17) is 0 Å². The summed E-state index contributed by atoms with van der Waals surface area (Å²) in [4.78, 5) is 11.8. The second-order valence-electron chi connectivity index (χ2n) is 5.38. The van der Waals surface area contributed by atoms with Crippen LogP contribution in [-0.4, -0.2) is 57.1 Å². The molecule has 0 aliphatic carbocycles. The van der Waals surface area contributed by atoms with Crippen molar-refractivity contribution >= 4 is 15.9 Å². The molecule has 2 heterocycles. The molecule has 0 aromatic rings. The zero-order chi connectivity index (χ0) is 13.4. The first-order chi connectivity index (χ1) is 8.40. The summed E-state index contributed by atoms with van der Waals surface area (Å²) in [7, 11) is -1.67. The molecule has 1 amide bonds. The van der Waals surface area contributed by atoms with Crippen LogP contribution in [0.4, 0.5) is 0 Å². The number of carbonyl (C=O) groups is 1. The molecule has 0 aromatic carbocycles. The molecule has 0 aromatic heterocycles. The van der Waals surface area contributed by atoms with Gasteiger partial charge >= 0.3 is 0 Å². The largest absolute Gasteiger partial charge is 0.359 e. The topological polar surface area (TPSA) is 78.5 Å². The maximum atomic E-state index is 12.4. The van der Waals surface area contributed by atoms with Crippen molar-refractivity contribution < 1.29 is 13.2 Å². The molecule has 2 unspecified atom stereocenters. The monoisotopic (exact) mass is 275 g/mol. The van der Waals surface area contributed by atoms with Crippen molar-refractivity contribution in [1.82, 2.24) is 14.9 Å². The average molecular weight is 275 g/mol. The second-order valence-corrected chi connectivity index (χ2v) is 7.60. The van der Waals surface area contributed by atoms with Crippen molar-refractivity contribution in [3.63, 3.8) is 0 Å². The van der Waals surface area contributed by atoms with Gasteiger partial charge in [-0.3, -0.25) is 4.79 Å². The molecular formula is C11H21N3O3S. The van der Waals surface area contributed by atoms with Crippen molar-refractivity contribution in [2.24, 2.45) is 5.41 Å². The Morgan fingerprint density at radius 2 is 2.22 bits per heavy atom. The molecule has 2 rings (SSSR count). The third-order valence-electron chi connectivity index (χ3n) is 4.01. The van der Waals surface area contributed by atoms with Gasteiger partial charge in [-0.2, -0.15) is 0 Å². The first-order valence-corrected chi connectivity index (χ1v) is 7.82. The number of hydrogen-bond donors (Lipinski definition) is 2. The van der Waals surface area contributed by atoms with Crippen LogP contribution in [0.2, 0.25) is 0 Å². The van der Waals surface area contributed by atoms with Crippen LogP contribution in [0, 0.1) is 5.41 Å². The van der Waals surface area contributed by atoms with Gasteiger partial charge in [0.25, 0.3) is 0 Å². The second kappa shape index (κ2) is 4.79. The van der Waals surface area contributed by atoms with Crippen LogP contribution in [0.25, 0.3) is 0 Å². The van der Waals surface area contributed by atoms with E-state index in [1.54, 1.807) is 7.05 Å². The van der Waals surface area contributed by atoms with Crippen LogP contribution in [0.3, 0.4) is 0 Å². The lowest BCUT2D eigenvalue weighted by atomic mass is 9.89. The molecule has 2 fully saturated rings. The third-order valence-corrected chi connectivity index (χ3v) is 6.29. The first kappa shape index (κ1) is 13.8. The summed E-state index contributed by atoms with van der Waals surface area (Å²) in [6.45, 7) is 3.85. The predicted octanol–water partition coefficient (Wildman–Crippen LogP) is -0.864. The Kier molecular flexibility index (Phi) is 3.66. The molecule has 0 bridgehead atoms. The lowest BCUT2D eigenvalue weighted by Gasteiger charge is -2.24. The van der Waals surface area contributed by atoms with Crippen LogP contribution in [-0.2, 0) is 14.8 Å². The molecule has 2 saturated heterocycles. The molecule has 104 valence electrons. The van der Waals surface area contributed by atoms with Gasteiger partial charge in [-0.1, -0.05) is 0 Å². The smallest absolute Gasteiger partial charge is 0.227 e. The summed E-state index contributed by atoms with van der Waals surface area (Å²) in [6, 6.07) is 0. The van der Waals surface area contributed by atoms with Crippen molar-refractivity contribution in [3.8, 4) is 0 Å². The van der Waals surface area contributed by atoms with E-state index in [1.807, 2.05) is 6.92 Å². The van der Waals surface area contributed by atoms with Gasteiger partial charge in [-0.15, -0.1) is 0 Å². The summed E-state index contributed by atoms with van der Waals surface area (Å²) in [5.74, 6) is -0.0789. The molecule has 7 heteroatoms. The van der Waals surface area contributed by atoms with E-state index in [1.165, 1.54) is 4.31 Å². The molecule has 2 aliphatic heterocycles. The van der Waals surface area contributed by atoms with E-state index in [2.05, 4.69) is 10.6 Å². The number of rotatable bonds is 3. The van der Waals surface area contributed by atoms with Gasteiger partial charge < -0.3 is 10.6 Å². The molecule has 6 nitrogen and oxygen atoms in total. The third kappa shape index (κ3) is 2.26. The summed E-state index contributed by atoms with van der Waals surface area (Å²) < 4.78 is 26.3. The van der Waals surface area contributed by atoms with E-state index in [-0.39, 0.29) is 11.2 Å². The van der Waals surface area contributed by atoms with E-state index in [0.717, 1.165) is 6.54 Å². The SMILES string of the molecule is CNC(=O)C1(C)CCN(S(=O)(=O)C2CCNC2)C1. The van der Waals surface area contributed by atoms with E-state index in [9.17, 15) is 13.2 Å². The van der Waals surface area contributed by atoms with Crippen molar-refractivity contribution in [3.05, 3.63) is 0 Å². The van der Waals surface area contributed by atoms with E-state index >= 15 is 0 Å². The summed E-state index contributed by atoms with van der Waals surface area (Å²) in [5, 5.41) is 5.36. The molecule has 2 N–H and O–H groups in total. The molecule has 2 atom stereocenters. The van der Waals surface area contributed by atoms with Gasteiger partial charge in [0.1, 0.15) is 0 Å². The van der Waals surface area contributed by atoms with Gasteiger partial charge in [-0.25, -0.2) is 12.7 Å². The van der Waals surface area contributed by atoms with Gasteiger partial charge in [0, 0.05) is 26.7 Å². The Morgan fingerprint density at radius 1 is 1.50 bits per heavy atom. The van der Waals surface area contributed by atoms with Crippen molar-refractivity contribution in [2.75, 3.05) is 33.2 Å². The average Bonchev–Trinajstić information content (AvgIpc) is 2.97. The minimum atomic E-state index is -3.26. The Labute approximate surface area is 108 Å². The molecule has 0 saturated carbocycles. The molecule has 0 spiro atoms. The minimum absolute atomic E-state index is 0.0789. The fourth-order valence-electron chi connectivity index (χ4n) is 2.72. The number of sulfonamides is 1. The highest BCUT2D eigenvalue weighted by atomic mass is 32.2. The van der Waals surface area contributed by atoms with Crippen LogP contribution in [0.5, 0.6) is 0 Å². The normalized spacial score (nSPS) is 33.8. The van der Waals surface area contributed by atoms with Crippen molar-refractivity contribution in [2.45, 2.75) is 25.0 Å². The highest BCUT2D eigenvalue weighted by Gasteiger charge is 2.46. The van der Waals surface area contributed by atoms with Crippen molar-refractivity contribution in [1.29, 1.82) is 0 Å². The van der Waals surface area contributed by atoms with E-state index in [0.29, 0.717) is 32.5 Å². The minimum Gasteiger partial charge on any atom is -0.359 e. The quantitative estimate of drug-likeness (QED) is 0.702. The predicted molar refractivity (Wildman–Crippen MR) is 68.6 cm³/mol. The molecule has 2 aliphatic rings. The number of nitrogens with one attached hydrogen (secondary N) is 2. The Morgan fingerprint density at radius 3 is 2.78 bits per heavy atom. The zero-order valence-corrected chi connectivity index (χ0v) is 11.7. The summed E-state index contributed by atoms with van der Waals surface area (Å²) >= 11 is 0. The fraction of sp³-hybridized carbons (Fsp3) is 0.909. The number of carbonyl (C=O) groups excluding carboxylic acids is 1. The lowest BCUT2D eigenvalue weighted by Crippen LogP contribution is -2.43. The maximum absolute atomic E-state index is 12.4. The molecule has 18 heavy (non-hydrogen) atoms. The Balaban J connectivity index is 2.10. The van der Waals surface area contributed by atoms with Crippen LogP contribution in [0.1, 0.15) is 19.8 Å². The number of nitrogens with zero attached hydrogens (tertiary/aromatic N) is 1. The maximum Gasteiger partial charge on any atom is 0.227 e. The zero-order valence-electron chi connectivity index (χ0n) is 10.9. The van der Waals surface area contributed by atoms with Gasteiger partial charge in [0.2, 0.25) is 15.9 Å². The van der Waals surface area contributed by atoms with Crippen LogP contribution >= 0.6 is 0 Å². The van der Waals surface area contributed by atoms with Gasteiger partial charge in [-0.05, 0) is 26.3 Å². The Hall–Kier alpha value is -0.660. The molecule has 0 radical (unpaired) electrons. The summed E-state index contributed by atoms with van der Waals surface area (Å²) in [5.41, 5.74) is -0.589. The van der Waals surface area contributed by atoms with Gasteiger partial charge in [0.15, 0.2) is 0 Å². The fourth-order valence-corrected chi connectivity index (χ4v) is 4.69. The highest BCUT2D eigenvalue weighted by Crippen LogP contribution is 2.33. The number of hydrogen-bond acceptors (Lipinski definition) is 4. The standard InChI is InChI=1S/C11H21N3O3S/c1-11(10(15)12-2)4-6-14(8-11)18(16,17)9-3-5-13-7-9/h9,13H,3-8H2,1-2H3,(H,12,15). The van der Waals surface area contributed by atoms with Crippen LogP contribution in [0.15, 0.2) is 0 Å². The van der Waals surface area contributed by atoms with E-state index < -0.39 is 15.4 Å². The van der Waals surface area contributed by atoms with Crippen LogP contribution < -0.4 is 10.6 Å². The highest BCUT2D eigenvalue weighted by molar-refractivity contribution is 7.89. The lowest BCUT2D eigenvalue weighted by molar-refractivity contribution is -0.128. The Bertz CT molecular complexity index is 431. The summed E-state index contributed by atoms with van der Waals surface area (Å²) in [6.07, 6.45) is 1.25. The molecular weight excluding hydrogens is 254 g/mol. The van der Waals surface area contributed by atoms with Gasteiger partial charge in [0.05, 0.1) is 10.7 Å². The first-order valence-electron chi connectivity index (χ1n) is 6.32.